The molecule has 1 atom stereocenters. The number of fused-ring (bicyclic) bond motifs is 1. The molecule has 1 unspecified atom stereocenters. The molecule has 0 bridgehead atoms. The summed E-state index contributed by atoms with van der Waals surface area (Å²) in [6, 6.07) is 14.4. The number of ether oxygens (including phenoxy) is 1. The van der Waals surface area contributed by atoms with E-state index in [0.29, 0.717) is 13.0 Å². The maximum absolute atomic E-state index is 11.1. The van der Waals surface area contributed by atoms with Crippen LogP contribution in [0.25, 0.3) is 10.8 Å². The van der Waals surface area contributed by atoms with Gasteiger partial charge in [-0.25, -0.2) is 0 Å². The second-order valence-corrected chi connectivity index (χ2v) is 5.03. The van der Waals surface area contributed by atoms with Crippen LogP contribution in [0.2, 0.25) is 0 Å². The summed E-state index contributed by atoms with van der Waals surface area (Å²) in [5.41, 5.74) is 1.15. The summed E-state index contributed by atoms with van der Waals surface area (Å²) in [7, 11) is 0. The van der Waals surface area contributed by atoms with Crippen LogP contribution >= 0.6 is 0 Å². The lowest BCUT2D eigenvalue weighted by molar-refractivity contribution is 0.0927. The average Bonchev–Trinajstić information content (AvgIpc) is 2.50. The lowest BCUT2D eigenvalue weighted by Crippen LogP contribution is -2.18. The minimum absolute atomic E-state index is 0.460. The van der Waals surface area contributed by atoms with Crippen molar-refractivity contribution < 1.29 is 9.53 Å². The molecule has 0 aliphatic carbocycles. The van der Waals surface area contributed by atoms with Gasteiger partial charge >= 0.3 is 0 Å². The molecule has 0 heterocycles. The fraction of sp³-hybridized carbons (Fsp3) is 0.389. The lowest BCUT2D eigenvalue weighted by atomic mass is 10.0. The van der Waals surface area contributed by atoms with E-state index in [2.05, 4.69) is 31.2 Å². The molecule has 2 rings (SSSR count). The summed E-state index contributed by atoms with van der Waals surface area (Å²) in [6.07, 6.45) is 5.45. The summed E-state index contributed by atoms with van der Waals surface area (Å²) >= 11 is 0. The summed E-state index contributed by atoms with van der Waals surface area (Å²) in [4.78, 5) is 11.1. The lowest BCUT2D eigenvalue weighted by Gasteiger charge is -2.13. The van der Waals surface area contributed by atoms with Crippen molar-refractivity contribution in [2.24, 2.45) is 0 Å². The van der Waals surface area contributed by atoms with Gasteiger partial charge in [0.05, 0.1) is 0 Å². The zero-order valence-electron chi connectivity index (χ0n) is 12.0. The van der Waals surface area contributed by atoms with E-state index >= 15 is 0 Å². The predicted molar refractivity (Wildman–Crippen MR) is 82.6 cm³/mol. The number of hydrogen-bond acceptors (Lipinski definition) is 2. The Balaban J connectivity index is 2.04. The van der Waals surface area contributed by atoms with Gasteiger partial charge < -0.3 is 4.74 Å². The minimum atomic E-state index is -0.460. The van der Waals surface area contributed by atoms with Crippen LogP contribution in [-0.4, -0.2) is 19.0 Å². The van der Waals surface area contributed by atoms with E-state index in [1.165, 1.54) is 10.8 Å². The van der Waals surface area contributed by atoms with Crippen LogP contribution in [0.5, 0.6) is 0 Å². The Hall–Kier alpha value is -1.67. The van der Waals surface area contributed by atoms with Gasteiger partial charge in [-0.15, -0.1) is 0 Å². The third kappa shape index (κ3) is 3.91. The first-order valence-corrected chi connectivity index (χ1v) is 7.31. The van der Waals surface area contributed by atoms with E-state index < -0.39 is 6.10 Å². The summed E-state index contributed by atoms with van der Waals surface area (Å²) in [6.45, 7) is 2.79. The monoisotopic (exact) mass is 269 g/mol. The number of rotatable bonds is 8. The summed E-state index contributed by atoms with van der Waals surface area (Å²) in [5, 5.41) is 2.38. The number of hydrogen-bond donors (Lipinski definition) is 0. The number of unbranched alkanes of at least 4 members (excludes halogenated alkanes) is 2. The van der Waals surface area contributed by atoms with Crippen LogP contribution in [0.4, 0.5) is 0 Å². The predicted octanol–water partition coefficient (Wildman–Crippen LogP) is 4.07. The standard InChI is InChI=1S/C18H21O2/c1-2-3-6-12-20-17(14-19)13-16-10-7-9-15-8-4-5-11-18(15)16/h4-5,7-11,17H,2-3,6,12-13H2,1H3. The Morgan fingerprint density at radius 3 is 2.70 bits per heavy atom. The summed E-state index contributed by atoms with van der Waals surface area (Å²) < 4.78 is 5.62. The Labute approximate surface area is 120 Å². The van der Waals surface area contributed by atoms with Crippen molar-refractivity contribution in [1.82, 2.24) is 0 Å². The van der Waals surface area contributed by atoms with Gasteiger partial charge in [0.2, 0.25) is 6.29 Å². The van der Waals surface area contributed by atoms with Crippen LogP contribution in [0.15, 0.2) is 42.5 Å². The summed E-state index contributed by atoms with van der Waals surface area (Å²) in [5.74, 6) is 0. The molecule has 0 spiro atoms. The molecule has 2 nitrogen and oxygen atoms in total. The van der Waals surface area contributed by atoms with Crippen molar-refractivity contribution in [1.29, 1.82) is 0 Å². The zero-order valence-corrected chi connectivity index (χ0v) is 12.0. The molecule has 0 aliphatic heterocycles. The smallest absolute Gasteiger partial charge is 0.230 e. The molecule has 2 aromatic carbocycles. The van der Waals surface area contributed by atoms with Gasteiger partial charge in [0.1, 0.15) is 6.10 Å². The van der Waals surface area contributed by atoms with Gasteiger partial charge in [0.25, 0.3) is 0 Å². The highest BCUT2D eigenvalue weighted by molar-refractivity contribution is 5.86. The van der Waals surface area contributed by atoms with Gasteiger partial charge in [-0.05, 0) is 22.8 Å². The molecule has 105 valence electrons. The number of carbonyl (C=O) groups excluding carboxylic acids is 1. The second kappa shape index (κ2) is 7.81. The molecule has 0 fully saturated rings. The topological polar surface area (TPSA) is 26.3 Å². The van der Waals surface area contributed by atoms with E-state index in [-0.39, 0.29) is 0 Å². The maximum atomic E-state index is 11.1. The molecule has 20 heavy (non-hydrogen) atoms. The SMILES string of the molecule is CCCCCOC([C]=O)Cc1cccc2ccccc12. The highest BCUT2D eigenvalue weighted by Gasteiger charge is 2.11. The minimum Gasteiger partial charge on any atom is -0.370 e. The van der Waals surface area contributed by atoms with Gasteiger partial charge in [-0.2, -0.15) is 0 Å². The highest BCUT2D eigenvalue weighted by atomic mass is 16.5. The van der Waals surface area contributed by atoms with Gasteiger partial charge in [-0.3, -0.25) is 4.79 Å². The molecule has 0 aromatic heterocycles. The molecule has 1 radical (unpaired) electrons. The van der Waals surface area contributed by atoms with Crippen molar-refractivity contribution in [3.63, 3.8) is 0 Å². The van der Waals surface area contributed by atoms with E-state index in [1.807, 2.05) is 24.5 Å². The first-order chi connectivity index (χ1) is 9.85. The van der Waals surface area contributed by atoms with E-state index in [4.69, 9.17) is 4.74 Å². The van der Waals surface area contributed by atoms with Gasteiger partial charge in [0.15, 0.2) is 0 Å². The zero-order chi connectivity index (χ0) is 14.2. The second-order valence-electron chi connectivity index (χ2n) is 5.03. The Kier molecular flexibility index (Phi) is 5.75. The molecule has 0 amide bonds. The van der Waals surface area contributed by atoms with Gasteiger partial charge in [-0.1, -0.05) is 62.2 Å². The van der Waals surface area contributed by atoms with Crippen molar-refractivity contribution in [2.75, 3.05) is 6.61 Å². The first-order valence-electron chi connectivity index (χ1n) is 7.31. The molecular weight excluding hydrogens is 248 g/mol. The highest BCUT2D eigenvalue weighted by Crippen LogP contribution is 2.20. The van der Waals surface area contributed by atoms with Crippen LogP contribution in [0.3, 0.4) is 0 Å². The Bertz CT molecular complexity index is 543. The molecule has 0 N–H and O–H groups in total. The fourth-order valence-electron chi connectivity index (χ4n) is 2.38. The van der Waals surface area contributed by atoms with Gasteiger partial charge in [0, 0.05) is 13.0 Å². The van der Waals surface area contributed by atoms with Crippen molar-refractivity contribution in [2.45, 2.75) is 38.7 Å². The maximum Gasteiger partial charge on any atom is 0.230 e. The first kappa shape index (κ1) is 14.7. The van der Waals surface area contributed by atoms with Crippen LogP contribution in [-0.2, 0) is 16.0 Å². The van der Waals surface area contributed by atoms with Crippen LogP contribution < -0.4 is 0 Å². The molecular formula is C18H21O2. The quantitative estimate of drug-likeness (QED) is 0.675. The molecule has 2 aromatic rings. The molecule has 0 aliphatic rings. The largest absolute Gasteiger partial charge is 0.370 e. The van der Waals surface area contributed by atoms with Crippen molar-refractivity contribution in [3.8, 4) is 0 Å². The Morgan fingerprint density at radius 2 is 1.90 bits per heavy atom. The Morgan fingerprint density at radius 1 is 1.10 bits per heavy atom. The third-order valence-corrected chi connectivity index (χ3v) is 3.48. The normalized spacial score (nSPS) is 12.4. The van der Waals surface area contributed by atoms with E-state index in [0.717, 1.165) is 24.8 Å². The number of benzene rings is 2. The van der Waals surface area contributed by atoms with Crippen molar-refractivity contribution >= 4 is 17.1 Å². The van der Waals surface area contributed by atoms with Crippen LogP contribution in [0.1, 0.15) is 31.7 Å². The molecule has 0 saturated heterocycles. The van der Waals surface area contributed by atoms with E-state index in [1.54, 1.807) is 0 Å². The fourth-order valence-corrected chi connectivity index (χ4v) is 2.38. The van der Waals surface area contributed by atoms with E-state index in [9.17, 15) is 4.79 Å². The molecule has 2 heteroatoms. The van der Waals surface area contributed by atoms with Crippen molar-refractivity contribution in [3.05, 3.63) is 48.0 Å². The third-order valence-electron chi connectivity index (χ3n) is 3.48. The average molecular weight is 269 g/mol. The molecule has 0 saturated carbocycles. The van der Waals surface area contributed by atoms with Crippen LogP contribution in [0, 0.1) is 0 Å².